The van der Waals surface area contributed by atoms with Crippen molar-refractivity contribution in [2.45, 2.75) is 51.4 Å². The lowest BCUT2D eigenvalue weighted by Crippen LogP contribution is -2.46. The van der Waals surface area contributed by atoms with Gasteiger partial charge >= 0.3 is 6.03 Å². The van der Waals surface area contributed by atoms with Crippen LogP contribution in [0.25, 0.3) is 11.0 Å². The molecule has 1 aromatic carbocycles. The summed E-state index contributed by atoms with van der Waals surface area (Å²) in [5, 5.41) is 4.11. The molecule has 2 saturated heterocycles. The molecule has 146 valence electrons. The summed E-state index contributed by atoms with van der Waals surface area (Å²) in [6, 6.07) is 7.92. The summed E-state index contributed by atoms with van der Waals surface area (Å²) in [6.07, 6.45) is 4.50. The number of hydrogen-bond donors (Lipinski definition) is 1. The van der Waals surface area contributed by atoms with Crippen molar-refractivity contribution in [2.75, 3.05) is 26.3 Å². The van der Waals surface area contributed by atoms with E-state index in [-0.39, 0.29) is 18.2 Å². The first kappa shape index (κ1) is 18.3. The smallest absolute Gasteiger partial charge is 0.317 e. The largest absolute Gasteiger partial charge is 0.461 e. The molecule has 1 N–H and O–H groups in total. The van der Waals surface area contributed by atoms with Gasteiger partial charge in [-0.3, -0.25) is 0 Å². The molecule has 0 bridgehead atoms. The minimum atomic E-state index is -0.0164. The molecule has 4 rings (SSSR count). The number of aryl methyl sites for hydroxylation is 1. The molecule has 1 unspecified atom stereocenters. The Bertz CT molecular complexity index is 774. The second-order valence-corrected chi connectivity index (χ2v) is 7.45. The van der Waals surface area contributed by atoms with Crippen LogP contribution in [0.4, 0.5) is 4.79 Å². The molecular weight excluding hydrogens is 344 g/mol. The molecule has 2 aromatic rings. The molecular formula is C21H28N2O4. The number of fused-ring (bicyclic) bond motifs is 1. The zero-order chi connectivity index (χ0) is 18.6. The van der Waals surface area contributed by atoms with E-state index in [4.69, 9.17) is 13.9 Å². The van der Waals surface area contributed by atoms with Gasteiger partial charge in [0.15, 0.2) is 0 Å². The summed E-state index contributed by atoms with van der Waals surface area (Å²) in [5.74, 6) is 0.859. The molecule has 27 heavy (non-hydrogen) atoms. The maximum absolute atomic E-state index is 12.5. The molecule has 6 heteroatoms. The second-order valence-electron chi connectivity index (χ2n) is 7.45. The quantitative estimate of drug-likeness (QED) is 0.871. The summed E-state index contributed by atoms with van der Waals surface area (Å²) in [6.45, 7) is 5.43. The van der Waals surface area contributed by atoms with E-state index in [0.717, 1.165) is 67.7 Å². The maximum atomic E-state index is 12.5. The zero-order valence-electron chi connectivity index (χ0n) is 15.9. The number of nitrogens with one attached hydrogen (secondary N) is 1. The van der Waals surface area contributed by atoms with Crippen LogP contribution in [0.3, 0.4) is 0 Å². The number of urea groups is 1. The molecule has 2 aliphatic heterocycles. The fraction of sp³-hybridized carbons (Fsp3) is 0.571. The molecule has 3 heterocycles. The van der Waals surface area contributed by atoms with Crippen molar-refractivity contribution >= 4 is 17.0 Å². The lowest BCUT2D eigenvalue weighted by Gasteiger charge is -2.32. The molecule has 0 saturated carbocycles. The highest BCUT2D eigenvalue weighted by Crippen LogP contribution is 2.25. The Labute approximate surface area is 159 Å². The number of ether oxygens (including phenoxy) is 2. The predicted molar refractivity (Wildman–Crippen MR) is 103 cm³/mol. The van der Waals surface area contributed by atoms with Crippen LogP contribution < -0.4 is 5.32 Å². The molecule has 2 amide bonds. The van der Waals surface area contributed by atoms with Crippen LogP contribution in [0.1, 0.15) is 37.0 Å². The summed E-state index contributed by atoms with van der Waals surface area (Å²) < 4.78 is 17.4. The van der Waals surface area contributed by atoms with Gasteiger partial charge in [-0.05, 0) is 38.7 Å². The minimum Gasteiger partial charge on any atom is -0.461 e. The molecule has 0 aliphatic carbocycles. The lowest BCUT2D eigenvalue weighted by atomic mass is 10.1. The van der Waals surface area contributed by atoms with Crippen LogP contribution >= 0.6 is 0 Å². The number of amides is 2. The number of carbonyl (C=O) groups excluding carboxylic acids is 1. The number of piperidine rings is 1. The Morgan fingerprint density at radius 1 is 1.26 bits per heavy atom. The first-order chi connectivity index (χ1) is 13.2. The molecule has 0 spiro atoms. The Morgan fingerprint density at radius 2 is 2.07 bits per heavy atom. The zero-order valence-corrected chi connectivity index (χ0v) is 15.9. The second kappa shape index (κ2) is 8.31. The van der Waals surface area contributed by atoms with Gasteiger partial charge in [-0.1, -0.05) is 18.2 Å². The SMILES string of the molecule is Cc1oc2ccccc2c1CNC(=O)N1CCC(OCC2CCCO2)CC1. The fourth-order valence-corrected chi connectivity index (χ4v) is 3.96. The number of hydrogen-bond acceptors (Lipinski definition) is 4. The number of likely N-dealkylation sites (tertiary alicyclic amines) is 1. The van der Waals surface area contributed by atoms with Crippen molar-refractivity contribution in [2.24, 2.45) is 0 Å². The molecule has 1 aromatic heterocycles. The van der Waals surface area contributed by atoms with Crippen LogP contribution in [0.15, 0.2) is 28.7 Å². The van der Waals surface area contributed by atoms with Gasteiger partial charge in [0.2, 0.25) is 0 Å². The van der Waals surface area contributed by atoms with Crippen LogP contribution in [-0.4, -0.2) is 49.4 Å². The Balaban J connectivity index is 1.24. The number of furan rings is 1. The Hall–Kier alpha value is -2.05. The van der Waals surface area contributed by atoms with Gasteiger partial charge in [-0.15, -0.1) is 0 Å². The van der Waals surface area contributed by atoms with E-state index in [1.165, 1.54) is 0 Å². The Kier molecular flexibility index (Phi) is 5.64. The first-order valence-electron chi connectivity index (χ1n) is 9.93. The van der Waals surface area contributed by atoms with Gasteiger partial charge in [0.1, 0.15) is 11.3 Å². The van der Waals surface area contributed by atoms with Crippen molar-refractivity contribution in [3.63, 3.8) is 0 Å². The van der Waals surface area contributed by atoms with Gasteiger partial charge in [-0.2, -0.15) is 0 Å². The summed E-state index contributed by atoms with van der Waals surface area (Å²) >= 11 is 0. The summed E-state index contributed by atoms with van der Waals surface area (Å²) in [7, 11) is 0. The third kappa shape index (κ3) is 4.28. The third-order valence-electron chi connectivity index (χ3n) is 5.59. The number of rotatable bonds is 5. The standard InChI is InChI=1S/C21H28N2O4/c1-15-19(18-6-2-3-7-20(18)27-15)13-22-21(24)23-10-8-16(9-11-23)26-14-17-5-4-12-25-17/h2-3,6-7,16-17H,4-5,8-14H2,1H3,(H,22,24). The number of para-hydroxylation sites is 1. The van der Waals surface area contributed by atoms with Crippen molar-refractivity contribution in [1.29, 1.82) is 0 Å². The van der Waals surface area contributed by atoms with E-state index < -0.39 is 0 Å². The van der Waals surface area contributed by atoms with Gasteiger partial charge in [0.25, 0.3) is 0 Å². The fourth-order valence-electron chi connectivity index (χ4n) is 3.96. The predicted octanol–water partition coefficient (Wildman–Crippen LogP) is 3.61. The van der Waals surface area contributed by atoms with Gasteiger partial charge in [0.05, 0.1) is 18.8 Å². The van der Waals surface area contributed by atoms with E-state index in [0.29, 0.717) is 13.2 Å². The highest BCUT2D eigenvalue weighted by molar-refractivity contribution is 5.83. The molecule has 0 radical (unpaired) electrons. The van der Waals surface area contributed by atoms with Crippen LogP contribution in [0, 0.1) is 6.92 Å². The number of benzene rings is 1. The highest BCUT2D eigenvalue weighted by atomic mass is 16.5. The van der Waals surface area contributed by atoms with Crippen molar-refractivity contribution in [3.05, 3.63) is 35.6 Å². The number of carbonyl (C=O) groups is 1. The van der Waals surface area contributed by atoms with Crippen LogP contribution in [0.2, 0.25) is 0 Å². The van der Waals surface area contributed by atoms with E-state index in [1.54, 1.807) is 0 Å². The van der Waals surface area contributed by atoms with Crippen LogP contribution in [-0.2, 0) is 16.0 Å². The van der Waals surface area contributed by atoms with Gasteiger partial charge in [-0.25, -0.2) is 4.79 Å². The van der Waals surface area contributed by atoms with E-state index in [2.05, 4.69) is 5.32 Å². The molecule has 1 atom stereocenters. The third-order valence-corrected chi connectivity index (χ3v) is 5.59. The van der Waals surface area contributed by atoms with Crippen molar-refractivity contribution < 1.29 is 18.7 Å². The number of nitrogens with zero attached hydrogens (tertiary/aromatic N) is 1. The monoisotopic (exact) mass is 372 g/mol. The van der Waals surface area contributed by atoms with E-state index >= 15 is 0 Å². The van der Waals surface area contributed by atoms with E-state index in [9.17, 15) is 4.79 Å². The average Bonchev–Trinajstić information content (AvgIpc) is 3.32. The highest BCUT2D eigenvalue weighted by Gasteiger charge is 2.25. The molecule has 6 nitrogen and oxygen atoms in total. The van der Waals surface area contributed by atoms with Crippen molar-refractivity contribution in [1.82, 2.24) is 10.2 Å². The minimum absolute atomic E-state index is 0.0164. The van der Waals surface area contributed by atoms with Crippen LogP contribution in [0.5, 0.6) is 0 Å². The Morgan fingerprint density at radius 3 is 2.85 bits per heavy atom. The maximum Gasteiger partial charge on any atom is 0.317 e. The normalized spacial score (nSPS) is 21.1. The molecule has 2 aliphatic rings. The van der Waals surface area contributed by atoms with Crippen molar-refractivity contribution in [3.8, 4) is 0 Å². The topological polar surface area (TPSA) is 63.9 Å². The lowest BCUT2D eigenvalue weighted by molar-refractivity contribution is -0.0381. The summed E-state index contributed by atoms with van der Waals surface area (Å²) in [4.78, 5) is 14.4. The molecule has 2 fully saturated rings. The van der Waals surface area contributed by atoms with Gasteiger partial charge in [0, 0.05) is 37.2 Å². The summed E-state index contributed by atoms with van der Waals surface area (Å²) in [5.41, 5.74) is 1.91. The van der Waals surface area contributed by atoms with Gasteiger partial charge < -0.3 is 24.1 Å². The average molecular weight is 372 g/mol. The van der Waals surface area contributed by atoms with E-state index in [1.807, 2.05) is 36.1 Å². The first-order valence-corrected chi connectivity index (χ1v) is 9.93.